The van der Waals surface area contributed by atoms with Crippen LogP contribution in [0.25, 0.3) is 0 Å². The molecule has 17 heavy (non-hydrogen) atoms. The zero-order chi connectivity index (χ0) is 12.3. The molecule has 2 aliphatic rings. The van der Waals surface area contributed by atoms with Gasteiger partial charge in [-0.15, -0.1) is 0 Å². The molecule has 2 rings (SSSR count). The van der Waals surface area contributed by atoms with E-state index in [9.17, 15) is 14.7 Å². The fourth-order valence-electron chi connectivity index (χ4n) is 2.84. The van der Waals surface area contributed by atoms with Crippen molar-refractivity contribution in [3.8, 4) is 0 Å². The van der Waals surface area contributed by atoms with Gasteiger partial charge in [-0.3, -0.25) is 4.79 Å². The minimum Gasteiger partial charge on any atom is -0.465 e. The molecule has 1 unspecified atom stereocenters. The maximum absolute atomic E-state index is 12.2. The highest BCUT2D eigenvalue weighted by Crippen LogP contribution is 2.26. The number of carboxylic acid groups (broad SMARTS) is 1. The molecule has 1 atom stereocenters. The molecule has 0 spiro atoms. The zero-order valence-corrected chi connectivity index (χ0v) is 10.0. The van der Waals surface area contributed by atoms with Crippen molar-refractivity contribution in [2.45, 2.75) is 44.6 Å². The topological polar surface area (TPSA) is 69.6 Å². The van der Waals surface area contributed by atoms with Gasteiger partial charge in [-0.05, 0) is 25.8 Å². The fraction of sp³-hybridized carbons (Fsp3) is 0.833. The van der Waals surface area contributed by atoms with Crippen molar-refractivity contribution in [2.24, 2.45) is 5.92 Å². The molecule has 2 amide bonds. The summed E-state index contributed by atoms with van der Waals surface area (Å²) in [4.78, 5) is 24.6. The van der Waals surface area contributed by atoms with Crippen molar-refractivity contribution in [1.82, 2.24) is 10.2 Å². The average molecular weight is 240 g/mol. The second kappa shape index (κ2) is 5.49. The van der Waals surface area contributed by atoms with E-state index in [1.807, 2.05) is 0 Å². The van der Waals surface area contributed by atoms with Gasteiger partial charge in [-0.1, -0.05) is 19.3 Å². The van der Waals surface area contributed by atoms with Crippen molar-refractivity contribution in [1.29, 1.82) is 0 Å². The Morgan fingerprint density at radius 2 is 1.82 bits per heavy atom. The molecular weight excluding hydrogens is 220 g/mol. The number of nitrogens with zero attached hydrogens (tertiary/aromatic N) is 1. The van der Waals surface area contributed by atoms with Crippen LogP contribution in [-0.2, 0) is 4.79 Å². The molecule has 1 heterocycles. The molecule has 1 saturated carbocycles. The number of hydrogen-bond donors (Lipinski definition) is 2. The van der Waals surface area contributed by atoms with Gasteiger partial charge in [-0.25, -0.2) is 9.69 Å². The van der Waals surface area contributed by atoms with E-state index >= 15 is 0 Å². The second-order valence-electron chi connectivity index (χ2n) is 4.97. The first-order valence-corrected chi connectivity index (χ1v) is 6.47. The normalized spacial score (nSPS) is 25.8. The number of rotatable bonds is 2. The minimum absolute atomic E-state index is 0.0690. The smallest absolute Gasteiger partial charge is 0.414 e. The first-order valence-electron chi connectivity index (χ1n) is 6.47. The highest BCUT2D eigenvalue weighted by molar-refractivity contribution is 5.93. The van der Waals surface area contributed by atoms with Gasteiger partial charge in [0.05, 0.1) is 6.04 Å². The fourth-order valence-corrected chi connectivity index (χ4v) is 2.84. The summed E-state index contributed by atoms with van der Waals surface area (Å²) >= 11 is 0. The first-order chi connectivity index (χ1) is 8.20. The van der Waals surface area contributed by atoms with Gasteiger partial charge in [0.15, 0.2) is 0 Å². The van der Waals surface area contributed by atoms with Gasteiger partial charge in [0.1, 0.15) is 0 Å². The van der Waals surface area contributed by atoms with Crippen LogP contribution in [0.4, 0.5) is 4.79 Å². The summed E-state index contributed by atoms with van der Waals surface area (Å²) in [5.41, 5.74) is 0. The SMILES string of the molecule is O=C(O)N(C(=O)C1CCCCC1)C1CCNC1. The van der Waals surface area contributed by atoms with E-state index in [1.54, 1.807) is 0 Å². The van der Waals surface area contributed by atoms with E-state index in [0.717, 1.165) is 43.5 Å². The Morgan fingerprint density at radius 1 is 1.12 bits per heavy atom. The number of amides is 2. The van der Waals surface area contributed by atoms with Crippen LogP contribution in [0.2, 0.25) is 0 Å². The summed E-state index contributed by atoms with van der Waals surface area (Å²) in [7, 11) is 0. The van der Waals surface area contributed by atoms with Crippen molar-refractivity contribution >= 4 is 12.0 Å². The highest BCUT2D eigenvalue weighted by Gasteiger charge is 2.35. The van der Waals surface area contributed by atoms with Crippen LogP contribution in [0.5, 0.6) is 0 Å². The lowest BCUT2D eigenvalue weighted by molar-refractivity contribution is -0.136. The lowest BCUT2D eigenvalue weighted by atomic mass is 9.88. The van der Waals surface area contributed by atoms with Crippen molar-refractivity contribution in [3.63, 3.8) is 0 Å². The summed E-state index contributed by atoms with van der Waals surface area (Å²) in [5.74, 6) is -0.244. The number of carbonyl (C=O) groups is 2. The lowest BCUT2D eigenvalue weighted by Crippen LogP contribution is -2.48. The largest absolute Gasteiger partial charge is 0.465 e. The standard InChI is InChI=1S/C12H20N2O3/c15-11(9-4-2-1-3-5-9)14(12(16)17)10-6-7-13-8-10/h9-10,13H,1-8H2,(H,16,17). The third-order valence-corrected chi connectivity index (χ3v) is 3.80. The summed E-state index contributed by atoms with van der Waals surface area (Å²) in [6.07, 6.45) is 4.62. The summed E-state index contributed by atoms with van der Waals surface area (Å²) in [6.45, 7) is 1.40. The Morgan fingerprint density at radius 3 is 2.35 bits per heavy atom. The maximum Gasteiger partial charge on any atom is 0.414 e. The van der Waals surface area contributed by atoms with E-state index in [0.29, 0.717) is 6.54 Å². The third kappa shape index (κ3) is 2.77. The maximum atomic E-state index is 12.2. The molecule has 0 aromatic heterocycles. The van der Waals surface area contributed by atoms with Gasteiger partial charge in [0, 0.05) is 12.5 Å². The van der Waals surface area contributed by atoms with Crippen LogP contribution in [0.3, 0.4) is 0 Å². The monoisotopic (exact) mass is 240 g/mol. The molecule has 2 fully saturated rings. The molecule has 0 aromatic carbocycles. The molecule has 0 bridgehead atoms. The molecule has 1 saturated heterocycles. The number of carbonyl (C=O) groups excluding carboxylic acids is 1. The summed E-state index contributed by atoms with van der Waals surface area (Å²) in [6, 6.07) is -0.165. The summed E-state index contributed by atoms with van der Waals surface area (Å²) in [5, 5.41) is 12.3. The molecule has 5 heteroatoms. The Bertz CT molecular complexity index is 294. The minimum atomic E-state index is -1.09. The van der Waals surface area contributed by atoms with Crippen LogP contribution >= 0.6 is 0 Å². The number of hydrogen-bond acceptors (Lipinski definition) is 3. The Hall–Kier alpha value is -1.10. The van der Waals surface area contributed by atoms with E-state index < -0.39 is 6.09 Å². The van der Waals surface area contributed by atoms with Gasteiger partial charge >= 0.3 is 6.09 Å². The molecule has 0 radical (unpaired) electrons. The average Bonchev–Trinajstić information content (AvgIpc) is 2.83. The van der Waals surface area contributed by atoms with Crippen LogP contribution < -0.4 is 5.32 Å². The Balaban J connectivity index is 2.03. The van der Waals surface area contributed by atoms with Gasteiger partial charge in [0.2, 0.25) is 5.91 Å². The van der Waals surface area contributed by atoms with E-state index in [1.165, 1.54) is 6.42 Å². The molecule has 1 aliphatic carbocycles. The van der Waals surface area contributed by atoms with Crippen molar-refractivity contribution in [2.75, 3.05) is 13.1 Å². The molecule has 96 valence electrons. The molecule has 1 aliphatic heterocycles. The molecule has 5 nitrogen and oxygen atoms in total. The van der Waals surface area contributed by atoms with Gasteiger partial charge in [-0.2, -0.15) is 0 Å². The quantitative estimate of drug-likeness (QED) is 0.766. The van der Waals surface area contributed by atoms with Crippen LogP contribution in [-0.4, -0.2) is 41.1 Å². The number of imide groups is 1. The van der Waals surface area contributed by atoms with Crippen molar-refractivity contribution < 1.29 is 14.7 Å². The first kappa shape index (κ1) is 12.4. The highest BCUT2D eigenvalue weighted by atomic mass is 16.4. The molecule has 2 N–H and O–H groups in total. The van der Waals surface area contributed by atoms with E-state index in [4.69, 9.17) is 0 Å². The lowest BCUT2D eigenvalue weighted by Gasteiger charge is -2.29. The predicted octanol–water partition coefficient (Wildman–Crippen LogP) is 1.44. The van der Waals surface area contributed by atoms with E-state index in [-0.39, 0.29) is 17.9 Å². The van der Waals surface area contributed by atoms with Gasteiger partial charge < -0.3 is 10.4 Å². The van der Waals surface area contributed by atoms with Gasteiger partial charge in [0.25, 0.3) is 0 Å². The Labute approximate surface area is 101 Å². The molecule has 0 aromatic rings. The molecular formula is C12H20N2O3. The van der Waals surface area contributed by atoms with Crippen LogP contribution in [0, 0.1) is 5.92 Å². The van der Waals surface area contributed by atoms with Crippen LogP contribution in [0.1, 0.15) is 38.5 Å². The predicted molar refractivity (Wildman–Crippen MR) is 62.7 cm³/mol. The summed E-state index contributed by atoms with van der Waals surface area (Å²) < 4.78 is 0. The van der Waals surface area contributed by atoms with Crippen molar-refractivity contribution in [3.05, 3.63) is 0 Å². The third-order valence-electron chi connectivity index (χ3n) is 3.80. The zero-order valence-electron chi connectivity index (χ0n) is 10.0. The van der Waals surface area contributed by atoms with Crippen LogP contribution in [0.15, 0.2) is 0 Å². The number of nitrogens with one attached hydrogen (secondary N) is 1. The second-order valence-corrected chi connectivity index (χ2v) is 4.97. The Kier molecular flexibility index (Phi) is 3.99. The van der Waals surface area contributed by atoms with E-state index in [2.05, 4.69) is 5.32 Å².